The molecule has 192 valence electrons. The van der Waals surface area contributed by atoms with Crippen LogP contribution in [0.2, 0.25) is 0 Å². The van der Waals surface area contributed by atoms with E-state index in [4.69, 9.17) is 14.6 Å². The van der Waals surface area contributed by atoms with E-state index in [2.05, 4.69) is 15.3 Å². The van der Waals surface area contributed by atoms with Gasteiger partial charge in [0.25, 0.3) is 0 Å². The lowest BCUT2D eigenvalue weighted by Crippen LogP contribution is -2.48. The summed E-state index contributed by atoms with van der Waals surface area (Å²) in [5.74, 6) is -4.51. The highest BCUT2D eigenvalue weighted by Gasteiger charge is 2.34. The van der Waals surface area contributed by atoms with Gasteiger partial charge in [0, 0.05) is 11.5 Å². The van der Waals surface area contributed by atoms with Crippen LogP contribution in [0, 0.1) is 17.5 Å². The number of nitrogens with zero attached hydrogens (tertiary/aromatic N) is 2. The third-order valence-electron chi connectivity index (χ3n) is 4.94. The largest absolute Gasteiger partial charge is 0.493 e. The molecule has 3 rings (SSSR count). The summed E-state index contributed by atoms with van der Waals surface area (Å²) in [7, 11) is 1.27. The summed E-state index contributed by atoms with van der Waals surface area (Å²) in [6.45, 7) is -1.88. The number of rotatable bonds is 10. The zero-order chi connectivity index (χ0) is 25.0. The molecule has 0 fully saturated rings. The number of aliphatic hydroxyl groups is 4. The van der Waals surface area contributed by atoms with E-state index in [1.54, 1.807) is 0 Å². The van der Waals surface area contributed by atoms with Gasteiger partial charge in [-0.3, -0.25) is 0 Å². The van der Waals surface area contributed by atoms with Gasteiger partial charge >= 0.3 is 0 Å². The second-order valence-corrected chi connectivity index (χ2v) is 7.11. The molecule has 35 heavy (non-hydrogen) atoms. The summed E-state index contributed by atoms with van der Waals surface area (Å²) >= 11 is 0. The van der Waals surface area contributed by atoms with Crippen molar-refractivity contribution in [2.45, 2.75) is 24.5 Å². The summed E-state index contributed by atoms with van der Waals surface area (Å²) in [6, 6.07) is 4.39. The fourth-order valence-corrected chi connectivity index (χ4v) is 3.09. The van der Waals surface area contributed by atoms with E-state index >= 15 is 0 Å². The lowest BCUT2D eigenvalue weighted by molar-refractivity contribution is -0.0981. The van der Waals surface area contributed by atoms with Crippen molar-refractivity contribution in [3.05, 3.63) is 48.0 Å². The number of hydrogen-bond donors (Lipinski definition) is 5. The van der Waals surface area contributed by atoms with Crippen LogP contribution in [0.15, 0.2) is 30.6 Å². The van der Waals surface area contributed by atoms with E-state index in [0.717, 1.165) is 18.5 Å². The molecule has 4 atom stereocenters. The molecule has 1 aromatic heterocycles. The lowest BCUT2D eigenvalue weighted by Gasteiger charge is -2.28. The van der Waals surface area contributed by atoms with Crippen LogP contribution < -0.4 is 14.8 Å². The van der Waals surface area contributed by atoms with Crippen LogP contribution in [0.25, 0.3) is 10.9 Å². The van der Waals surface area contributed by atoms with Crippen LogP contribution in [0.3, 0.4) is 0 Å². The number of methoxy groups -OCH3 is 1. The van der Waals surface area contributed by atoms with Gasteiger partial charge in [0.05, 0.1) is 31.5 Å². The number of aromatic nitrogens is 2. The molecule has 0 bridgehead atoms. The molecule has 0 amide bonds. The van der Waals surface area contributed by atoms with Crippen LogP contribution in [0.1, 0.15) is 0 Å². The van der Waals surface area contributed by atoms with E-state index in [-0.39, 0.29) is 39.4 Å². The van der Waals surface area contributed by atoms with Gasteiger partial charge in [0.15, 0.2) is 41.2 Å². The number of anilines is 2. The van der Waals surface area contributed by atoms with Crippen molar-refractivity contribution in [1.29, 1.82) is 0 Å². The van der Waals surface area contributed by atoms with Crippen molar-refractivity contribution in [3.8, 4) is 11.5 Å². The SMILES string of the molecule is COc1cc2c(Nc3ccc(F)c(F)c3F)ncnc2cc1O[C@H](CO)[C@H](O)[C@@H](O)[C@H](F)CO.O. The Hall–Kier alpha value is -3.30. The molecule has 0 aliphatic rings. The van der Waals surface area contributed by atoms with Crippen LogP contribution in [-0.4, -0.2) is 80.7 Å². The molecule has 3 aromatic rings. The van der Waals surface area contributed by atoms with Crippen molar-refractivity contribution in [3.63, 3.8) is 0 Å². The zero-order valence-corrected chi connectivity index (χ0v) is 18.1. The van der Waals surface area contributed by atoms with E-state index in [9.17, 15) is 32.9 Å². The van der Waals surface area contributed by atoms with Gasteiger partial charge in [-0.05, 0) is 18.2 Å². The number of halogens is 4. The molecule has 7 N–H and O–H groups in total. The Bertz CT molecular complexity index is 1160. The van der Waals surface area contributed by atoms with Gasteiger partial charge in [-0.25, -0.2) is 27.5 Å². The van der Waals surface area contributed by atoms with Gasteiger partial charge in [-0.1, -0.05) is 0 Å². The topological polar surface area (TPSA) is 169 Å². The Morgan fingerprint density at radius 2 is 1.69 bits per heavy atom. The molecule has 0 aliphatic carbocycles. The Morgan fingerprint density at radius 1 is 0.971 bits per heavy atom. The van der Waals surface area contributed by atoms with Crippen molar-refractivity contribution < 1.29 is 52.9 Å². The quantitative estimate of drug-likeness (QED) is 0.197. The first-order chi connectivity index (χ1) is 16.2. The van der Waals surface area contributed by atoms with Gasteiger partial charge in [0.1, 0.15) is 24.4 Å². The summed E-state index contributed by atoms with van der Waals surface area (Å²) < 4.78 is 65.2. The minimum Gasteiger partial charge on any atom is -0.493 e. The van der Waals surface area contributed by atoms with Gasteiger partial charge in [-0.15, -0.1) is 0 Å². The second-order valence-electron chi connectivity index (χ2n) is 7.11. The highest BCUT2D eigenvalue weighted by atomic mass is 19.2. The Labute approximate surface area is 195 Å². The maximum atomic E-state index is 14.1. The molecule has 1 heterocycles. The number of alkyl halides is 1. The predicted octanol–water partition coefficient (Wildman–Crippen LogP) is 0.766. The number of ether oxygens (including phenoxy) is 2. The molecular formula is C21H23F4N3O7. The zero-order valence-electron chi connectivity index (χ0n) is 18.1. The number of nitrogens with one attached hydrogen (secondary N) is 1. The Balaban J connectivity index is 0.00000432. The van der Waals surface area contributed by atoms with E-state index in [1.165, 1.54) is 19.2 Å². The first-order valence-corrected chi connectivity index (χ1v) is 9.83. The molecule has 14 heteroatoms. The highest BCUT2D eigenvalue weighted by molar-refractivity contribution is 5.93. The monoisotopic (exact) mass is 505 g/mol. The molecule has 2 aromatic carbocycles. The maximum absolute atomic E-state index is 14.1. The smallest absolute Gasteiger partial charge is 0.196 e. The number of benzene rings is 2. The highest BCUT2D eigenvalue weighted by Crippen LogP contribution is 2.36. The summed E-state index contributed by atoms with van der Waals surface area (Å²) in [6.07, 6.45) is -6.55. The Morgan fingerprint density at radius 3 is 2.31 bits per heavy atom. The summed E-state index contributed by atoms with van der Waals surface area (Å²) in [5, 5.41) is 41.1. The average Bonchev–Trinajstić information content (AvgIpc) is 2.85. The van der Waals surface area contributed by atoms with Crippen molar-refractivity contribution in [1.82, 2.24) is 9.97 Å². The van der Waals surface area contributed by atoms with Gasteiger partial charge in [-0.2, -0.15) is 0 Å². The van der Waals surface area contributed by atoms with E-state index in [1.807, 2.05) is 0 Å². The standard InChI is InChI=1S/C21H21F4N3O6.H2O/c1-33-14-4-9-13(5-15(14)34-16(7-30)20(32)19(31)11(23)6-29)26-8-27-21(9)28-12-3-2-10(22)17(24)18(12)25;/h2-5,8,11,16,19-20,29-32H,6-7H2,1H3,(H,26,27,28);1H2/t11-,16-,19+,20+;/m1./s1. The number of fused-ring (bicyclic) bond motifs is 1. The van der Waals surface area contributed by atoms with Crippen LogP contribution >= 0.6 is 0 Å². The third kappa shape index (κ3) is 5.86. The number of aliphatic hydroxyl groups excluding tert-OH is 4. The average molecular weight is 505 g/mol. The fourth-order valence-electron chi connectivity index (χ4n) is 3.09. The van der Waals surface area contributed by atoms with E-state index in [0.29, 0.717) is 0 Å². The molecule has 10 nitrogen and oxygen atoms in total. The van der Waals surface area contributed by atoms with E-state index < -0.39 is 55.1 Å². The molecule has 0 saturated heterocycles. The summed E-state index contributed by atoms with van der Waals surface area (Å²) in [5.41, 5.74) is -0.193. The van der Waals surface area contributed by atoms with Crippen molar-refractivity contribution in [2.24, 2.45) is 0 Å². The second kappa shape index (κ2) is 11.9. The molecule has 0 unspecified atom stereocenters. The van der Waals surface area contributed by atoms with Crippen LogP contribution in [0.5, 0.6) is 11.5 Å². The number of hydrogen-bond acceptors (Lipinski definition) is 9. The van der Waals surface area contributed by atoms with Gasteiger partial charge < -0.3 is 40.7 Å². The normalized spacial score (nSPS) is 14.5. The third-order valence-corrected chi connectivity index (χ3v) is 4.94. The maximum Gasteiger partial charge on any atom is 0.196 e. The first kappa shape index (κ1) is 27.9. The molecule has 0 saturated carbocycles. The van der Waals surface area contributed by atoms with Crippen molar-refractivity contribution >= 4 is 22.4 Å². The van der Waals surface area contributed by atoms with Crippen LogP contribution in [-0.2, 0) is 0 Å². The molecule has 0 aliphatic heterocycles. The molecule has 0 radical (unpaired) electrons. The molecule has 0 spiro atoms. The first-order valence-electron chi connectivity index (χ1n) is 9.83. The fraction of sp³-hybridized carbons (Fsp3) is 0.333. The minimum absolute atomic E-state index is 0. The lowest BCUT2D eigenvalue weighted by atomic mass is 10.0. The van der Waals surface area contributed by atoms with Crippen LogP contribution in [0.4, 0.5) is 29.1 Å². The summed E-state index contributed by atoms with van der Waals surface area (Å²) in [4.78, 5) is 8.02. The minimum atomic E-state index is -2.18. The van der Waals surface area contributed by atoms with Gasteiger partial charge in [0.2, 0.25) is 0 Å². The predicted molar refractivity (Wildman–Crippen MR) is 115 cm³/mol. The Kier molecular flexibility index (Phi) is 9.50. The van der Waals surface area contributed by atoms with Crippen molar-refractivity contribution in [2.75, 3.05) is 25.6 Å². The molecular weight excluding hydrogens is 482 g/mol.